The molecule has 172 valence electrons. The lowest BCUT2D eigenvalue weighted by Gasteiger charge is -2.10. The number of nitrogens with zero attached hydrogens (tertiary/aromatic N) is 1. The summed E-state index contributed by atoms with van der Waals surface area (Å²) in [6.45, 7) is 0. The maximum Gasteiger partial charge on any atom is 0.271 e. The number of phenols is 1. The molecule has 0 saturated carbocycles. The molecule has 0 saturated heterocycles. The van der Waals surface area contributed by atoms with Gasteiger partial charge in [0.1, 0.15) is 0 Å². The van der Waals surface area contributed by atoms with Gasteiger partial charge >= 0.3 is 0 Å². The zero-order valence-electron chi connectivity index (χ0n) is 17.6. The van der Waals surface area contributed by atoms with Crippen molar-refractivity contribution in [2.24, 2.45) is 5.10 Å². The second kappa shape index (κ2) is 10.2. The number of nitrogens with one attached hydrogen (secondary N) is 2. The van der Waals surface area contributed by atoms with Crippen molar-refractivity contribution in [3.8, 4) is 17.2 Å². The molecule has 0 heterocycles. The van der Waals surface area contributed by atoms with Crippen LogP contribution in [0.1, 0.15) is 15.9 Å². The van der Waals surface area contributed by atoms with E-state index < -0.39 is 15.9 Å². The number of carbonyl (C=O) groups is 1. The van der Waals surface area contributed by atoms with Crippen LogP contribution in [0.3, 0.4) is 0 Å². The van der Waals surface area contributed by atoms with E-state index in [1.807, 2.05) is 0 Å². The maximum absolute atomic E-state index is 12.7. The predicted molar refractivity (Wildman–Crippen MR) is 125 cm³/mol. The first kappa shape index (κ1) is 23.9. The van der Waals surface area contributed by atoms with Gasteiger partial charge in [-0.2, -0.15) is 5.10 Å². The largest absolute Gasteiger partial charge is 0.502 e. The summed E-state index contributed by atoms with van der Waals surface area (Å²) >= 11 is 6.02. The van der Waals surface area contributed by atoms with Crippen LogP contribution in [0.5, 0.6) is 17.2 Å². The van der Waals surface area contributed by atoms with Crippen LogP contribution < -0.4 is 19.6 Å². The van der Waals surface area contributed by atoms with Gasteiger partial charge in [0.15, 0.2) is 11.5 Å². The zero-order chi connectivity index (χ0) is 24.0. The number of halogens is 1. The number of para-hydroxylation sites is 1. The number of phenolic OH excluding ortho intramolecular Hbond substituents is 1. The molecule has 0 aromatic heterocycles. The first-order valence-electron chi connectivity index (χ1n) is 9.41. The molecule has 0 aliphatic rings. The van der Waals surface area contributed by atoms with Crippen molar-refractivity contribution in [3.63, 3.8) is 0 Å². The molecule has 33 heavy (non-hydrogen) atoms. The number of benzene rings is 3. The number of hydrogen-bond acceptors (Lipinski definition) is 7. The average Bonchev–Trinajstić information content (AvgIpc) is 2.81. The Morgan fingerprint density at radius 2 is 1.70 bits per heavy atom. The Balaban J connectivity index is 1.75. The van der Waals surface area contributed by atoms with E-state index in [-0.39, 0.29) is 38.4 Å². The van der Waals surface area contributed by atoms with Gasteiger partial charge in [-0.25, -0.2) is 13.8 Å². The van der Waals surface area contributed by atoms with Crippen LogP contribution in [0.4, 0.5) is 5.69 Å². The van der Waals surface area contributed by atoms with Gasteiger partial charge in [-0.15, -0.1) is 0 Å². The highest BCUT2D eigenvalue weighted by Gasteiger charge is 2.17. The highest BCUT2D eigenvalue weighted by Crippen LogP contribution is 2.36. The minimum Gasteiger partial charge on any atom is -0.502 e. The molecule has 0 aliphatic carbocycles. The molecular weight excluding hydrogens is 470 g/mol. The first-order valence-corrected chi connectivity index (χ1v) is 11.3. The van der Waals surface area contributed by atoms with Crippen molar-refractivity contribution >= 4 is 39.4 Å². The van der Waals surface area contributed by atoms with Crippen molar-refractivity contribution in [2.75, 3.05) is 18.9 Å². The van der Waals surface area contributed by atoms with E-state index in [9.17, 15) is 18.3 Å². The van der Waals surface area contributed by atoms with Crippen molar-refractivity contribution < 1.29 is 27.8 Å². The van der Waals surface area contributed by atoms with Crippen LogP contribution in [-0.4, -0.2) is 39.9 Å². The van der Waals surface area contributed by atoms with Gasteiger partial charge < -0.3 is 14.6 Å². The van der Waals surface area contributed by atoms with Gasteiger partial charge in [-0.05, 0) is 42.5 Å². The number of methoxy groups -OCH3 is 2. The van der Waals surface area contributed by atoms with Crippen LogP contribution in [0.2, 0.25) is 5.02 Å². The topological polar surface area (TPSA) is 126 Å². The third-order valence-electron chi connectivity index (χ3n) is 4.41. The van der Waals surface area contributed by atoms with Crippen molar-refractivity contribution in [1.29, 1.82) is 0 Å². The summed E-state index contributed by atoms with van der Waals surface area (Å²) in [5, 5.41) is 14.1. The second-order valence-electron chi connectivity index (χ2n) is 6.59. The molecule has 9 nitrogen and oxygen atoms in total. The Morgan fingerprint density at radius 1 is 1.03 bits per heavy atom. The van der Waals surface area contributed by atoms with Gasteiger partial charge in [-0.1, -0.05) is 29.8 Å². The third kappa shape index (κ3) is 5.73. The van der Waals surface area contributed by atoms with Gasteiger partial charge in [0.25, 0.3) is 15.9 Å². The third-order valence-corrected chi connectivity index (χ3v) is 6.10. The van der Waals surface area contributed by atoms with Crippen molar-refractivity contribution in [3.05, 3.63) is 76.8 Å². The SMILES string of the molecule is COc1cc(C=NNC(=O)c2cccc(S(=O)(=O)Nc3ccccc3Cl)c2)cc(OC)c1O. The number of ether oxygens (including phenoxy) is 2. The number of sulfonamides is 1. The lowest BCUT2D eigenvalue weighted by atomic mass is 10.2. The van der Waals surface area contributed by atoms with E-state index in [1.165, 1.54) is 62.9 Å². The average molecular weight is 490 g/mol. The number of anilines is 1. The lowest BCUT2D eigenvalue weighted by molar-refractivity contribution is 0.0955. The summed E-state index contributed by atoms with van der Waals surface area (Å²) in [5.41, 5.74) is 3.11. The Hall–Kier alpha value is -3.76. The molecule has 0 bridgehead atoms. The number of carbonyl (C=O) groups excluding carboxylic acids is 1. The molecule has 0 radical (unpaired) electrons. The molecule has 11 heteroatoms. The van der Waals surface area contributed by atoms with E-state index in [4.69, 9.17) is 21.1 Å². The van der Waals surface area contributed by atoms with E-state index in [2.05, 4.69) is 15.2 Å². The molecule has 0 spiro atoms. The van der Waals surface area contributed by atoms with Gasteiger partial charge in [0, 0.05) is 11.1 Å². The van der Waals surface area contributed by atoms with E-state index in [0.717, 1.165) is 0 Å². The zero-order valence-corrected chi connectivity index (χ0v) is 19.1. The van der Waals surface area contributed by atoms with E-state index >= 15 is 0 Å². The van der Waals surface area contributed by atoms with Crippen LogP contribution in [0.25, 0.3) is 0 Å². The number of amides is 1. The van der Waals surface area contributed by atoms with E-state index in [0.29, 0.717) is 5.56 Å². The minimum atomic E-state index is -3.98. The summed E-state index contributed by atoms with van der Waals surface area (Å²) < 4.78 is 37.9. The first-order chi connectivity index (χ1) is 15.7. The maximum atomic E-state index is 12.7. The van der Waals surface area contributed by atoms with Crippen LogP contribution >= 0.6 is 11.6 Å². The smallest absolute Gasteiger partial charge is 0.271 e. The highest BCUT2D eigenvalue weighted by molar-refractivity contribution is 7.92. The van der Waals surface area contributed by atoms with Gasteiger partial charge in [-0.3, -0.25) is 9.52 Å². The number of aromatic hydroxyl groups is 1. The Morgan fingerprint density at radius 3 is 2.33 bits per heavy atom. The summed E-state index contributed by atoms with van der Waals surface area (Å²) in [6, 6.07) is 14.9. The fraction of sp³-hybridized carbons (Fsp3) is 0.0909. The lowest BCUT2D eigenvalue weighted by Crippen LogP contribution is -2.19. The molecule has 0 aliphatic heterocycles. The fourth-order valence-corrected chi connectivity index (χ4v) is 4.13. The molecule has 3 aromatic rings. The molecule has 0 atom stereocenters. The number of hydrazone groups is 1. The molecule has 1 amide bonds. The summed E-state index contributed by atoms with van der Waals surface area (Å²) in [4.78, 5) is 12.4. The van der Waals surface area contributed by atoms with Gasteiger partial charge in [0.2, 0.25) is 5.75 Å². The number of hydrogen-bond donors (Lipinski definition) is 3. The molecule has 3 N–H and O–H groups in total. The quantitative estimate of drug-likeness (QED) is 0.327. The summed E-state index contributed by atoms with van der Waals surface area (Å²) in [7, 11) is -1.20. The standard InChI is InChI=1S/C22H20ClN3O6S/c1-31-19-10-14(11-20(32-2)21(19)27)13-24-25-22(28)15-6-5-7-16(12-15)33(29,30)26-18-9-4-3-8-17(18)23/h3-13,26-27H,1-2H3,(H,25,28). The van der Waals surface area contributed by atoms with Gasteiger partial charge in [0.05, 0.1) is 36.0 Å². The van der Waals surface area contributed by atoms with Crippen LogP contribution in [-0.2, 0) is 10.0 Å². The Bertz CT molecular complexity index is 1290. The normalized spacial score (nSPS) is 11.2. The summed E-state index contributed by atoms with van der Waals surface area (Å²) in [5.74, 6) is -0.444. The highest BCUT2D eigenvalue weighted by atomic mass is 35.5. The number of rotatable bonds is 8. The summed E-state index contributed by atoms with van der Waals surface area (Å²) in [6.07, 6.45) is 1.32. The molecule has 3 aromatic carbocycles. The van der Waals surface area contributed by atoms with E-state index in [1.54, 1.807) is 18.2 Å². The molecular formula is C22H20ClN3O6S. The Kier molecular flexibility index (Phi) is 7.41. The van der Waals surface area contributed by atoms with Crippen LogP contribution in [0, 0.1) is 0 Å². The minimum absolute atomic E-state index is 0.0788. The fourth-order valence-electron chi connectivity index (χ4n) is 2.77. The van der Waals surface area contributed by atoms with Crippen molar-refractivity contribution in [1.82, 2.24) is 5.43 Å². The van der Waals surface area contributed by atoms with Crippen molar-refractivity contribution in [2.45, 2.75) is 4.90 Å². The molecule has 0 unspecified atom stereocenters. The van der Waals surface area contributed by atoms with Crippen LogP contribution in [0.15, 0.2) is 70.7 Å². The molecule has 0 fully saturated rings. The monoisotopic (exact) mass is 489 g/mol. The second-order valence-corrected chi connectivity index (χ2v) is 8.68. The molecule has 3 rings (SSSR count). The predicted octanol–water partition coefficient (Wildman–Crippen LogP) is 3.63. The Labute approximate surface area is 195 Å².